The maximum atomic E-state index is 13.4. The molecule has 0 unspecified atom stereocenters. The third-order valence-corrected chi connectivity index (χ3v) is 11.9. The van der Waals surface area contributed by atoms with E-state index in [1.54, 1.807) is 4.31 Å². The molecule has 216 valence electrons. The Bertz CT molecular complexity index is 1010. The number of rotatable bonds is 8. The molecule has 0 N–H and O–H groups in total. The molecule has 3 saturated heterocycles. The lowest BCUT2D eigenvalue weighted by molar-refractivity contribution is -0.129. The van der Waals surface area contributed by atoms with Gasteiger partial charge in [0.05, 0.1) is 10.8 Å². The summed E-state index contributed by atoms with van der Waals surface area (Å²) in [5.41, 5.74) is 2.80. The summed E-state index contributed by atoms with van der Waals surface area (Å²) in [6.45, 7) is 20.7. The summed E-state index contributed by atoms with van der Waals surface area (Å²) in [6, 6.07) is 0.485. The highest BCUT2D eigenvalue weighted by Crippen LogP contribution is 2.34. The molecule has 3 heterocycles. The highest BCUT2D eigenvalue weighted by molar-refractivity contribution is 7.90. The van der Waals surface area contributed by atoms with Gasteiger partial charge >= 0.3 is 0 Å². The molecule has 0 radical (unpaired) electrons. The van der Waals surface area contributed by atoms with Crippen LogP contribution in [0.3, 0.4) is 0 Å². The molecule has 3 aliphatic heterocycles. The van der Waals surface area contributed by atoms with Crippen LogP contribution in [0.1, 0.15) is 80.1 Å². The lowest BCUT2D eigenvalue weighted by atomic mass is 9.85. The molecular formula is C29H51N5O3S. The Morgan fingerprint density at radius 2 is 1.58 bits per heavy atom. The Morgan fingerprint density at radius 3 is 2.11 bits per heavy atom. The fourth-order valence-corrected chi connectivity index (χ4v) is 8.60. The molecule has 38 heavy (non-hydrogen) atoms. The van der Waals surface area contributed by atoms with E-state index in [2.05, 4.69) is 28.6 Å². The van der Waals surface area contributed by atoms with Crippen LogP contribution < -0.4 is 0 Å². The van der Waals surface area contributed by atoms with Crippen molar-refractivity contribution in [1.29, 1.82) is 0 Å². The van der Waals surface area contributed by atoms with Gasteiger partial charge in [-0.2, -0.15) is 0 Å². The van der Waals surface area contributed by atoms with E-state index in [1.165, 1.54) is 0 Å². The number of carbonyl (C=O) groups is 1. The third-order valence-electron chi connectivity index (χ3n) is 9.50. The molecule has 1 atom stereocenters. The van der Waals surface area contributed by atoms with E-state index in [1.807, 2.05) is 32.6 Å². The molecule has 4 aliphatic rings. The van der Waals surface area contributed by atoms with Gasteiger partial charge in [0.25, 0.3) is 5.91 Å². The number of likely N-dealkylation sites (tertiary alicyclic amines) is 1. The molecule has 4 rings (SSSR count). The summed E-state index contributed by atoms with van der Waals surface area (Å²) < 4.78 is 26.9. The first-order valence-electron chi connectivity index (χ1n) is 14.9. The minimum Gasteiger partial charge on any atom is -0.338 e. The van der Waals surface area contributed by atoms with E-state index < -0.39 is 10.0 Å². The van der Waals surface area contributed by atoms with Gasteiger partial charge in [-0.25, -0.2) is 12.7 Å². The highest BCUT2D eigenvalue weighted by Gasteiger charge is 2.43. The quantitative estimate of drug-likeness (QED) is 0.343. The molecule has 0 aromatic rings. The second-order valence-corrected chi connectivity index (χ2v) is 14.8. The molecule has 4 fully saturated rings. The van der Waals surface area contributed by atoms with E-state index in [0.29, 0.717) is 31.6 Å². The van der Waals surface area contributed by atoms with Gasteiger partial charge in [-0.05, 0) is 86.0 Å². The SMILES string of the molecule is CCN=C(C)C(C(=O)N1CCC(C)(N2CCN(CC3CCN(S(=O)(=O)C4CC4)CC3)[C@@H](C)C2)CC1)=C(C)C. The number of sulfonamides is 1. The smallest absolute Gasteiger partial charge is 0.255 e. The van der Waals surface area contributed by atoms with Crippen LogP contribution in [0, 0.1) is 5.92 Å². The van der Waals surface area contributed by atoms with Crippen molar-refractivity contribution in [2.45, 2.75) is 96.9 Å². The molecule has 0 aromatic heterocycles. The maximum absolute atomic E-state index is 13.4. The van der Waals surface area contributed by atoms with Crippen LogP contribution in [0.4, 0.5) is 0 Å². The first kappa shape index (κ1) is 29.7. The van der Waals surface area contributed by atoms with E-state index in [4.69, 9.17) is 0 Å². The van der Waals surface area contributed by atoms with Crippen LogP contribution in [-0.4, -0.2) is 115 Å². The standard InChI is InChI=1S/C29H51N5O3S/c1-7-30-24(5)27(22(2)3)28(35)31-16-12-29(6,13-17-31)33-19-18-32(23(4)20-33)21-25-10-14-34(15-11-25)38(36,37)26-8-9-26/h23,25-26H,7-21H2,1-6H3/t23-/m0/s1. The lowest BCUT2D eigenvalue weighted by Crippen LogP contribution is -2.62. The minimum atomic E-state index is -3.03. The van der Waals surface area contributed by atoms with E-state index >= 15 is 0 Å². The van der Waals surface area contributed by atoms with Gasteiger partial charge < -0.3 is 4.90 Å². The van der Waals surface area contributed by atoms with Crippen molar-refractivity contribution in [3.8, 4) is 0 Å². The molecule has 8 nitrogen and oxygen atoms in total. The minimum absolute atomic E-state index is 0.0909. The fraction of sp³-hybridized carbons (Fsp3) is 0.862. The van der Waals surface area contributed by atoms with E-state index in [0.717, 1.165) is 94.7 Å². The molecule has 9 heteroatoms. The Morgan fingerprint density at radius 1 is 0.947 bits per heavy atom. The second kappa shape index (κ2) is 12.1. The summed E-state index contributed by atoms with van der Waals surface area (Å²) in [7, 11) is -3.03. The molecule has 1 amide bonds. The number of nitrogens with zero attached hydrogens (tertiary/aromatic N) is 5. The largest absolute Gasteiger partial charge is 0.338 e. The van der Waals surface area contributed by atoms with Crippen molar-refractivity contribution in [3.63, 3.8) is 0 Å². The molecule has 0 bridgehead atoms. The Balaban J connectivity index is 1.26. The number of hydrogen-bond donors (Lipinski definition) is 0. The van der Waals surface area contributed by atoms with E-state index in [-0.39, 0.29) is 16.7 Å². The van der Waals surface area contributed by atoms with Crippen molar-refractivity contribution in [2.24, 2.45) is 10.9 Å². The Hall–Kier alpha value is -1.29. The molecule has 0 aromatic carbocycles. The summed E-state index contributed by atoms with van der Waals surface area (Å²) in [5, 5.41) is -0.0909. The van der Waals surface area contributed by atoms with E-state index in [9.17, 15) is 13.2 Å². The van der Waals surface area contributed by atoms with Crippen molar-refractivity contribution in [2.75, 3.05) is 58.9 Å². The lowest BCUT2D eigenvalue weighted by Gasteiger charge is -2.52. The van der Waals surface area contributed by atoms with Crippen LogP contribution in [0.15, 0.2) is 16.1 Å². The van der Waals surface area contributed by atoms with Crippen LogP contribution in [0.2, 0.25) is 0 Å². The summed E-state index contributed by atoms with van der Waals surface area (Å²) >= 11 is 0. The predicted molar refractivity (Wildman–Crippen MR) is 155 cm³/mol. The monoisotopic (exact) mass is 549 g/mol. The van der Waals surface area contributed by atoms with Crippen LogP contribution in [0.5, 0.6) is 0 Å². The van der Waals surface area contributed by atoms with Gasteiger partial charge in [0.1, 0.15) is 0 Å². The maximum Gasteiger partial charge on any atom is 0.255 e. The number of piperidine rings is 2. The summed E-state index contributed by atoms with van der Waals surface area (Å²) in [6.07, 6.45) is 5.66. The number of amides is 1. The van der Waals surface area contributed by atoms with Gasteiger partial charge in [0.15, 0.2) is 0 Å². The van der Waals surface area contributed by atoms with Crippen molar-refractivity contribution >= 4 is 21.6 Å². The second-order valence-electron chi connectivity index (χ2n) is 12.6. The predicted octanol–water partition coefficient (Wildman–Crippen LogP) is 3.40. The first-order chi connectivity index (χ1) is 18.0. The van der Waals surface area contributed by atoms with Gasteiger partial charge in [-0.1, -0.05) is 5.57 Å². The average molecular weight is 550 g/mol. The van der Waals surface area contributed by atoms with Crippen LogP contribution in [-0.2, 0) is 14.8 Å². The zero-order valence-electron chi connectivity index (χ0n) is 24.7. The van der Waals surface area contributed by atoms with Gasteiger partial charge in [-0.3, -0.25) is 19.6 Å². The molecule has 1 saturated carbocycles. The topological polar surface area (TPSA) is 76.5 Å². The molecular weight excluding hydrogens is 498 g/mol. The first-order valence-corrected chi connectivity index (χ1v) is 16.4. The number of aliphatic imine (C=N–C) groups is 1. The molecule has 1 aliphatic carbocycles. The highest BCUT2D eigenvalue weighted by atomic mass is 32.2. The van der Waals surface area contributed by atoms with Crippen molar-refractivity contribution < 1.29 is 13.2 Å². The van der Waals surface area contributed by atoms with Crippen molar-refractivity contribution in [3.05, 3.63) is 11.1 Å². The molecule has 0 spiro atoms. The van der Waals surface area contributed by atoms with Crippen molar-refractivity contribution in [1.82, 2.24) is 19.0 Å². The zero-order chi connectivity index (χ0) is 27.7. The number of piperazine rings is 1. The third kappa shape index (κ3) is 6.53. The summed E-state index contributed by atoms with van der Waals surface area (Å²) in [5.74, 6) is 0.722. The van der Waals surface area contributed by atoms with Crippen LogP contribution in [0.25, 0.3) is 0 Å². The normalized spacial score (nSPS) is 26.9. The average Bonchev–Trinajstić information content (AvgIpc) is 3.72. The van der Waals surface area contributed by atoms with Gasteiger partial charge in [0.2, 0.25) is 10.0 Å². The number of carbonyl (C=O) groups excluding carboxylic acids is 1. The van der Waals surface area contributed by atoms with Gasteiger partial charge in [0, 0.05) is 76.2 Å². The number of allylic oxidation sites excluding steroid dienone is 1. The number of hydrogen-bond acceptors (Lipinski definition) is 6. The Labute approximate surface area is 231 Å². The Kier molecular flexibility index (Phi) is 9.43. The van der Waals surface area contributed by atoms with Crippen LogP contribution >= 0.6 is 0 Å². The fourth-order valence-electron chi connectivity index (χ4n) is 6.72. The van der Waals surface area contributed by atoms with Gasteiger partial charge in [-0.15, -0.1) is 0 Å². The zero-order valence-corrected chi connectivity index (χ0v) is 25.5. The summed E-state index contributed by atoms with van der Waals surface area (Å²) in [4.78, 5) is 25.2.